The molecule has 2 aromatic rings. The van der Waals surface area contributed by atoms with Crippen LogP contribution in [0.1, 0.15) is 23.7 Å². The van der Waals surface area contributed by atoms with E-state index < -0.39 is 0 Å². The van der Waals surface area contributed by atoms with E-state index in [1.807, 2.05) is 25.1 Å². The van der Waals surface area contributed by atoms with Crippen molar-refractivity contribution in [2.45, 2.75) is 13.3 Å². The number of methoxy groups -OCH3 is 1. The number of carbonyl (C=O) groups excluding carboxylic acids is 1. The molecule has 116 valence electrons. The van der Waals surface area contributed by atoms with Gasteiger partial charge in [0.05, 0.1) is 25.0 Å². The van der Waals surface area contributed by atoms with Crippen molar-refractivity contribution in [3.05, 3.63) is 48.0 Å². The Morgan fingerprint density at radius 1 is 1.23 bits per heavy atom. The molecule has 0 atom stereocenters. The molecule has 0 unspecified atom stereocenters. The van der Waals surface area contributed by atoms with Crippen molar-refractivity contribution >= 4 is 17.3 Å². The summed E-state index contributed by atoms with van der Waals surface area (Å²) in [6, 6.07) is 12.3. The van der Waals surface area contributed by atoms with Crippen LogP contribution >= 0.6 is 0 Å². The predicted octanol–water partition coefficient (Wildman–Crippen LogP) is 3.32. The maximum Gasteiger partial charge on any atom is 0.257 e. The molecular weight excluding hydrogens is 280 g/mol. The third kappa shape index (κ3) is 3.69. The Morgan fingerprint density at radius 2 is 2.00 bits per heavy atom. The van der Waals surface area contributed by atoms with Gasteiger partial charge in [0.2, 0.25) is 0 Å². The second-order valence-corrected chi connectivity index (χ2v) is 4.75. The van der Waals surface area contributed by atoms with E-state index >= 15 is 0 Å². The highest BCUT2D eigenvalue weighted by atomic mass is 16.5. The van der Waals surface area contributed by atoms with Gasteiger partial charge in [-0.15, -0.1) is 0 Å². The summed E-state index contributed by atoms with van der Waals surface area (Å²) in [5.41, 5.74) is 7.28. The van der Waals surface area contributed by atoms with E-state index in [-0.39, 0.29) is 5.91 Å². The van der Waals surface area contributed by atoms with Gasteiger partial charge >= 0.3 is 0 Å². The Balaban J connectivity index is 2.18. The van der Waals surface area contributed by atoms with Crippen molar-refractivity contribution in [3.63, 3.8) is 0 Å². The van der Waals surface area contributed by atoms with Crippen LogP contribution in [-0.4, -0.2) is 19.6 Å². The number of nitrogen functional groups attached to an aromatic ring is 1. The Kier molecular flexibility index (Phi) is 5.25. The van der Waals surface area contributed by atoms with Gasteiger partial charge in [-0.25, -0.2) is 0 Å². The average molecular weight is 300 g/mol. The highest BCUT2D eigenvalue weighted by Crippen LogP contribution is 2.26. The maximum absolute atomic E-state index is 12.4. The quantitative estimate of drug-likeness (QED) is 0.803. The largest absolute Gasteiger partial charge is 0.497 e. The molecule has 0 heterocycles. The van der Waals surface area contributed by atoms with Crippen LogP contribution in [-0.2, 0) is 0 Å². The summed E-state index contributed by atoms with van der Waals surface area (Å²) in [5, 5.41) is 2.83. The molecular formula is C17H20N2O3. The van der Waals surface area contributed by atoms with E-state index in [2.05, 4.69) is 5.32 Å². The molecule has 0 aliphatic heterocycles. The Hall–Kier alpha value is -2.69. The fourth-order valence-electron chi connectivity index (χ4n) is 1.97. The molecule has 0 saturated heterocycles. The van der Waals surface area contributed by atoms with E-state index in [0.717, 1.165) is 6.42 Å². The number of hydrogen-bond donors (Lipinski definition) is 2. The second-order valence-electron chi connectivity index (χ2n) is 4.75. The Labute approximate surface area is 130 Å². The average Bonchev–Trinajstić information content (AvgIpc) is 2.53. The summed E-state index contributed by atoms with van der Waals surface area (Å²) < 4.78 is 10.7. The number of para-hydroxylation sites is 2. The molecule has 0 saturated carbocycles. The lowest BCUT2D eigenvalue weighted by atomic mass is 10.1. The number of ether oxygens (including phenoxy) is 2. The highest BCUT2D eigenvalue weighted by Gasteiger charge is 2.13. The van der Waals surface area contributed by atoms with Gasteiger partial charge in [0, 0.05) is 11.8 Å². The maximum atomic E-state index is 12.4. The summed E-state index contributed by atoms with van der Waals surface area (Å²) in [6.45, 7) is 2.62. The lowest BCUT2D eigenvalue weighted by molar-refractivity contribution is 0.102. The topological polar surface area (TPSA) is 73.6 Å². The lowest BCUT2D eigenvalue weighted by Gasteiger charge is -2.13. The van der Waals surface area contributed by atoms with Gasteiger partial charge in [0.1, 0.15) is 11.5 Å². The molecule has 3 N–H and O–H groups in total. The van der Waals surface area contributed by atoms with E-state index in [1.165, 1.54) is 0 Å². The SMILES string of the molecule is CCCOc1ccccc1NC(=O)c1ccc(OC)cc1N. The van der Waals surface area contributed by atoms with Crippen molar-refractivity contribution in [1.29, 1.82) is 0 Å². The second kappa shape index (κ2) is 7.36. The van der Waals surface area contributed by atoms with Gasteiger partial charge in [0.25, 0.3) is 5.91 Å². The van der Waals surface area contributed by atoms with Gasteiger partial charge in [-0.05, 0) is 30.7 Å². The van der Waals surface area contributed by atoms with Gasteiger partial charge in [-0.1, -0.05) is 19.1 Å². The molecule has 1 amide bonds. The predicted molar refractivity (Wildman–Crippen MR) is 87.6 cm³/mol. The zero-order chi connectivity index (χ0) is 15.9. The third-order valence-corrected chi connectivity index (χ3v) is 3.10. The first-order chi connectivity index (χ1) is 10.7. The molecule has 0 fully saturated rings. The molecule has 22 heavy (non-hydrogen) atoms. The van der Waals surface area contributed by atoms with Gasteiger partial charge in [-0.3, -0.25) is 4.79 Å². The number of benzene rings is 2. The Bertz CT molecular complexity index is 656. The zero-order valence-electron chi connectivity index (χ0n) is 12.8. The van der Waals surface area contributed by atoms with Crippen molar-refractivity contribution in [2.24, 2.45) is 0 Å². The highest BCUT2D eigenvalue weighted by molar-refractivity contribution is 6.08. The van der Waals surface area contributed by atoms with Gasteiger partial charge < -0.3 is 20.5 Å². The van der Waals surface area contributed by atoms with Crippen LogP contribution in [0.2, 0.25) is 0 Å². The van der Waals surface area contributed by atoms with Crippen LogP contribution < -0.4 is 20.5 Å². The summed E-state index contributed by atoms with van der Waals surface area (Å²) in [6.07, 6.45) is 0.897. The molecule has 0 radical (unpaired) electrons. The van der Waals surface area contributed by atoms with E-state index in [0.29, 0.717) is 35.0 Å². The number of nitrogens with one attached hydrogen (secondary N) is 1. The number of amides is 1. The lowest BCUT2D eigenvalue weighted by Crippen LogP contribution is -2.15. The first-order valence-electron chi connectivity index (χ1n) is 7.12. The minimum atomic E-state index is -0.285. The molecule has 0 bridgehead atoms. The number of nitrogens with two attached hydrogens (primary N) is 1. The smallest absolute Gasteiger partial charge is 0.257 e. The van der Waals surface area contributed by atoms with E-state index in [9.17, 15) is 4.79 Å². The molecule has 0 aromatic heterocycles. The van der Waals surface area contributed by atoms with Crippen molar-refractivity contribution in [2.75, 3.05) is 24.8 Å². The van der Waals surface area contributed by atoms with Crippen LogP contribution in [0, 0.1) is 0 Å². The van der Waals surface area contributed by atoms with E-state index in [1.54, 1.807) is 31.4 Å². The summed E-state index contributed by atoms with van der Waals surface area (Å²) >= 11 is 0. The third-order valence-electron chi connectivity index (χ3n) is 3.10. The van der Waals surface area contributed by atoms with Crippen molar-refractivity contribution in [3.8, 4) is 11.5 Å². The van der Waals surface area contributed by atoms with Crippen molar-refractivity contribution < 1.29 is 14.3 Å². The fourth-order valence-corrected chi connectivity index (χ4v) is 1.97. The number of carbonyl (C=O) groups is 1. The minimum absolute atomic E-state index is 0.285. The minimum Gasteiger partial charge on any atom is -0.497 e. The summed E-state index contributed by atoms with van der Waals surface area (Å²) in [7, 11) is 1.55. The van der Waals surface area contributed by atoms with Crippen LogP contribution in [0.25, 0.3) is 0 Å². The van der Waals surface area contributed by atoms with E-state index in [4.69, 9.17) is 15.2 Å². The normalized spacial score (nSPS) is 10.1. The number of anilines is 2. The first kappa shape index (κ1) is 15.7. The molecule has 2 rings (SSSR count). The van der Waals surface area contributed by atoms with Crippen LogP contribution in [0.15, 0.2) is 42.5 Å². The van der Waals surface area contributed by atoms with Gasteiger partial charge in [0.15, 0.2) is 0 Å². The molecule has 5 heteroatoms. The summed E-state index contributed by atoms with van der Waals surface area (Å²) in [4.78, 5) is 12.4. The fraction of sp³-hybridized carbons (Fsp3) is 0.235. The van der Waals surface area contributed by atoms with Crippen LogP contribution in [0.3, 0.4) is 0 Å². The zero-order valence-corrected chi connectivity index (χ0v) is 12.8. The number of hydrogen-bond acceptors (Lipinski definition) is 4. The molecule has 5 nitrogen and oxygen atoms in total. The molecule has 0 spiro atoms. The van der Waals surface area contributed by atoms with Crippen molar-refractivity contribution in [1.82, 2.24) is 0 Å². The standard InChI is InChI=1S/C17H20N2O3/c1-3-10-22-16-7-5-4-6-15(16)19-17(20)13-9-8-12(21-2)11-14(13)18/h4-9,11H,3,10,18H2,1-2H3,(H,19,20). The Morgan fingerprint density at radius 3 is 2.68 bits per heavy atom. The van der Waals surface area contributed by atoms with Gasteiger partial charge in [-0.2, -0.15) is 0 Å². The number of rotatable bonds is 6. The van der Waals surface area contributed by atoms with Crippen LogP contribution in [0.4, 0.5) is 11.4 Å². The first-order valence-corrected chi connectivity index (χ1v) is 7.12. The monoisotopic (exact) mass is 300 g/mol. The van der Waals surface area contributed by atoms with Crippen LogP contribution in [0.5, 0.6) is 11.5 Å². The molecule has 2 aromatic carbocycles. The summed E-state index contributed by atoms with van der Waals surface area (Å²) in [5.74, 6) is 0.971. The molecule has 0 aliphatic rings. The molecule has 0 aliphatic carbocycles.